The summed E-state index contributed by atoms with van der Waals surface area (Å²) >= 11 is 1.71. The van der Waals surface area contributed by atoms with Crippen molar-refractivity contribution in [3.63, 3.8) is 0 Å². The Labute approximate surface area is 95.9 Å². The van der Waals surface area contributed by atoms with Crippen LogP contribution >= 0.6 is 11.3 Å². The molecule has 0 aliphatic heterocycles. The highest BCUT2D eigenvalue weighted by Gasteiger charge is 2.17. The smallest absolute Gasteiger partial charge is 0.0794 e. The van der Waals surface area contributed by atoms with Crippen LogP contribution in [0.4, 0.5) is 0 Å². The molecular formula is C11H20N2OS. The molecule has 0 saturated carbocycles. The molecule has 0 aliphatic rings. The number of rotatable bonds is 7. The molecule has 2 unspecified atom stereocenters. The standard InChI is InChI=1S/C11H20N2OS/c1-4-13-11(9(3)14-5-2)6-10-7-12-8-15-10/h7-9,11,13H,4-6H2,1-3H3. The van der Waals surface area contributed by atoms with Crippen LogP contribution in [-0.2, 0) is 11.2 Å². The molecule has 1 N–H and O–H groups in total. The Morgan fingerprint density at radius 3 is 2.87 bits per heavy atom. The lowest BCUT2D eigenvalue weighted by Gasteiger charge is -2.24. The third kappa shape index (κ3) is 4.28. The van der Waals surface area contributed by atoms with Crippen LogP contribution < -0.4 is 5.32 Å². The highest BCUT2D eigenvalue weighted by atomic mass is 32.1. The molecule has 3 nitrogen and oxygen atoms in total. The molecule has 0 amide bonds. The van der Waals surface area contributed by atoms with Crippen molar-refractivity contribution in [2.45, 2.75) is 39.3 Å². The van der Waals surface area contributed by atoms with E-state index in [1.54, 1.807) is 11.3 Å². The Hall–Kier alpha value is -0.450. The Bertz CT molecular complexity index is 251. The lowest BCUT2D eigenvalue weighted by atomic mass is 10.1. The zero-order chi connectivity index (χ0) is 11.1. The number of aromatic nitrogens is 1. The van der Waals surface area contributed by atoms with Gasteiger partial charge in [-0.15, -0.1) is 11.3 Å². The molecule has 1 heterocycles. The van der Waals surface area contributed by atoms with Crippen LogP contribution in [0.25, 0.3) is 0 Å². The number of nitrogens with one attached hydrogen (secondary N) is 1. The first-order chi connectivity index (χ1) is 7.27. The topological polar surface area (TPSA) is 34.2 Å². The van der Waals surface area contributed by atoms with E-state index in [4.69, 9.17) is 4.74 Å². The second-order valence-electron chi connectivity index (χ2n) is 3.50. The zero-order valence-electron chi connectivity index (χ0n) is 9.69. The second kappa shape index (κ2) is 6.93. The van der Waals surface area contributed by atoms with Crippen molar-refractivity contribution in [3.05, 3.63) is 16.6 Å². The van der Waals surface area contributed by atoms with Gasteiger partial charge in [0.05, 0.1) is 11.6 Å². The van der Waals surface area contributed by atoms with E-state index in [-0.39, 0.29) is 6.10 Å². The first kappa shape index (κ1) is 12.6. The molecule has 0 spiro atoms. The summed E-state index contributed by atoms with van der Waals surface area (Å²) in [5, 5.41) is 3.46. The molecular weight excluding hydrogens is 208 g/mol. The highest BCUT2D eigenvalue weighted by Crippen LogP contribution is 2.12. The Kier molecular flexibility index (Phi) is 5.83. The van der Waals surface area contributed by atoms with E-state index in [1.165, 1.54) is 4.88 Å². The van der Waals surface area contributed by atoms with Crippen molar-refractivity contribution in [3.8, 4) is 0 Å². The first-order valence-electron chi connectivity index (χ1n) is 5.50. The molecule has 0 radical (unpaired) electrons. The average molecular weight is 228 g/mol. The fourth-order valence-electron chi connectivity index (χ4n) is 1.61. The second-order valence-corrected chi connectivity index (χ2v) is 4.47. The molecule has 0 fully saturated rings. The van der Waals surface area contributed by atoms with E-state index in [9.17, 15) is 0 Å². The van der Waals surface area contributed by atoms with Gasteiger partial charge in [0, 0.05) is 30.1 Å². The summed E-state index contributed by atoms with van der Waals surface area (Å²) < 4.78 is 5.63. The van der Waals surface area contributed by atoms with Gasteiger partial charge >= 0.3 is 0 Å². The molecule has 0 saturated heterocycles. The molecule has 1 aromatic heterocycles. The summed E-state index contributed by atoms with van der Waals surface area (Å²) in [6.45, 7) is 8.02. The molecule has 2 atom stereocenters. The minimum absolute atomic E-state index is 0.247. The lowest BCUT2D eigenvalue weighted by Crippen LogP contribution is -2.41. The van der Waals surface area contributed by atoms with Crippen molar-refractivity contribution < 1.29 is 4.74 Å². The lowest BCUT2D eigenvalue weighted by molar-refractivity contribution is 0.0482. The molecule has 1 aromatic rings. The van der Waals surface area contributed by atoms with Crippen LogP contribution in [0.2, 0.25) is 0 Å². The van der Waals surface area contributed by atoms with Gasteiger partial charge in [0.15, 0.2) is 0 Å². The quantitative estimate of drug-likeness (QED) is 0.776. The van der Waals surface area contributed by atoms with Gasteiger partial charge in [-0.1, -0.05) is 6.92 Å². The van der Waals surface area contributed by atoms with Crippen molar-refractivity contribution in [1.82, 2.24) is 10.3 Å². The van der Waals surface area contributed by atoms with Crippen molar-refractivity contribution in [2.24, 2.45) is 0 Å². The van der Waals surface area contributed by atoms with Crippen molar-refractivity contribution in [2.75, 3.05) is 13.2 Å². The molecule has 86 valence electrons. The number of hydrogen-bond acceptors (Lipinski definition) is 4. The van der Waals surface area contributed by atoms with Crippen molar-refractivity contribution >= 4 is 11.3 Å². The van der Waals surface area contributed by atoms with Crippen LogP contribution in [-0.4, -0.2) is 30.3 Å². The molecule has 4 heteroatoms. The number of hydrogen-bond donors (Lipinski definition) is 1. The number of likely N-dealkylation sites (N-methyl/N-ethyl adjacent to an activating group) is 1. The van der Waals surface area contributed by atoms with Gasteiger partial charge in [0.25, 0.3) is 0 Å². The molecule has 0 aliphatic carbocycles. The third-order valence-electron chi connectivity index (χ3n) is 2.37. The zero-order valence-corrected chi connectivity index (χ0v) is 10.5. The van der Waals surface area contributed by atoms with Gasteiger partial charge < -0.3 is 10.1 Å². The van der Waals surface area contributed by atoms with Gasteiger partial charge in [-0.3, -0.25) is 4.98 Å². The first-order valence-corrected chi connectivity index (χ1v) is 6.38. The van der Waals surface area contributed by atoms with E-state index in [1.807, 2.05) is 18.6 Å². The fraction of sp³-hybridized carbons (Fsp3) is 0.727. The summed E-state index contributed by atoms with van der Waals surface area (Å²) in [5.41, 5.74) is 1.88. The molecule has 1 rings (SSSR count). The SMILES string of the molecule is CCNC(Cc1cncs1)C(C)OCC. The largest absolute Gasteiger partial charge is 0.377 e. The van der Waals surface area contributed by atoms with Crippen LogP contribution in [0.1, 0.15) is 25.6 Å². The maximum atomic E-state index is 5.63. The van der Waals surface area contributed by atoms with E-state index >= 15 is 0 Å². The normalized spacial score (nSPS) is 15.1. The Morgan fingerprint density at radius 2 is 2.33 bits per heavy atom. The maximum absolute atomic E-state index is 5.63. The predicted octanol–water partition coefficient (Wildman–Crippen LogP) is 2.09. The summed E-state index contributed by atoms with van der Waals surface area (Å²) in [5.74, 6) is 0. The molecule has 15 heavy (non-hydrogen) atoms. The van der Waals surface area contributed by atoms with Crippen LogP contribution in [0, 0.1) is 0 Å². The average Bonchev–Trinajstić information content (AvgIpc) is 2.70. The number of nitrogens with zero attached hydrogens (tertiary/aromatic N) is 1. The minimum atomic E-state index is 0.247. The number of thiazole rings is 1. The third-order valence-corrected chi connectivity index (χ3v) is 3.17. The Morgan fingerprint density at radius 1 is 1.53 bits per heavy atom. The highest BCUT2D eigenvalue weighted by molar-refractivity contribution is 7.09. The van der Waals surface area contributed by atoms with Crippen LogP contribution in [0.3, 0.4) is 0 Å². The molecule has 0 bridgehead atoms. The van der Waals surface area contributed by atoms with E-state index < -0.39 is 0 Å². The van der Waals surface area contributed by atoms with E-state index in [0.29, 0.717) is 6.04 Å². The molecule has 0 aromatic carbocycles. The van der Waals surface area contributed by atoms with E-state index in [2.05, 4.69) is 24.1 Å². The summed E-state index contributed by atoms with van der Waals surface area (Å²) in [6, 6.07) is 0.385. The monoisotopic (exact) mass is 228 g/mol. The summed E-state index contributed by atoms with van der Waals surface area (Å²) in [4.78, 5) is 5.40. The van der Waals surface area contributed by atoms with Gasteiger partial charge in [-0.25, -0.2) is 0 Å². The van der Waals surface area contributed by atoms with Crippen LogP contribution in [0.15, 0.2) is 11.7 Å². The van der Waals surface area contributed by atoms with Crippen molar-refractivity contribution in [1.29, 1.82) is 0 Å². The van der Waals surface area contributed by atoms with Crippen LogP contribution in [0.5, 0.6) is 0 Å². The predicted molar refractivity (Wildman–Crippen MR) is 64.4 cm³/mol. The van der Waals surface area contributed by atoms with E-state index in [0.717, 1.165) is 19.6 Å². The van der Waals surface area contributed by atoms with Gasteiger partial charge in [-0.2, -0.15) is 0 Å². The fourth-order valence-corrected chi connectivity index (χ4v) is 2.26. The van der Waals surface area contributed by atoms with Gasteiger partial charge in [0.2, 0.25) is 0 Å². The maximum Gasteiger partial charge on any atom is 0.0794 e. The minimum Gasteiger partial charge on any atom is -0.377 e. The summed E-state index contributed by atoms with van der Waals surface area (Å²) in [7, 11) is 0. The van der Waals surface area contributed by atoms with Gasteiger partial charge in [-0.05, 0) is 20.4 Å². The Balaban J connectivity index is 2.49. The summed E-state index contributed by atoms with van der Waals surface area (Å²) in [6.07, 6.45) is 3.19. The number of ether oxygens (including phenoxy) is 1. The van der Waals surface area contributed by atoms with Gasteiger partial charge in [0.1, 0.15) is 0 Å².